The van der Waals surface area contributed by atoms with Gasteiger partial charge in [0, 0.05) is 30.1 Å². The number of fused-ring (bicyclic) bond motifs is 3. The monoisotopic (exact) mass is 411 g/mol. The van der Waals surface area contributed by atoms with Gasteiger partial charge in [-0.3, -0.25) is 0 Å². The van der Waals surface area contributed by atoms with Crippen LogP contribution in [0.3, 0.4) is 0 Å². The maximum atomic E-state index is 9.52. The Kier molecular flexibility index (Phi) is 6.97. The number of unbranched alkanes of at least 4 members (excludes halogenated alkanes) is 1. The summed E-state index contributed by atoms with van der Waals surface area (Å²) >= 11 is 3.36. The Balaban J connectivity index is 2.10. The first-order valence-corrected chi connectivity index (χ1v) is 11.3. The first kappa shape index (κ1) is 20.8. The van der Waals surface area contributed by atoms with Crippen molar-refractivity contribution < 1.29 is 14.9 Å². The summed E-state index contributed by atoms with van der Waals surface area (Å²) in [4.78, 5) is 13.9. The minimum Gasteiger partial charge on any atom is -0.395 e. The van der Waals surface area contributed by atoms with Gasteiger partial charge in [-0.05, 0) is 25.8 Å². The third-order valence-corrected chi connectivity index (χ3v) is 6.69. The van der Waals surface area contributed by atoms with Crippen LogP contribution in [0.4, 0.5) is 5.82 Å². The average molecular weight is 412 g/mol. The minimum absolute atomic E-state index is 0.0186. The highest BCUT2D eigenvalue weighted by Crippen LogP contribution is 2.42. The molecule has 0 spiro atoms. The summed E-state index contributed by atoms with van der Waals surface area (Å²) in [7, 11) is 0. The van der Waals surface area contributed by atoms with Crippen LogP contribution in [0, 0.1) is 0 Å². The van der Waals surface area contributed by atoms with Crippen molar-refractivity contribution in [2.45, 2.75) is 57.4 Å². The molecule has 0 amide bonds. The molecule has 0 unspecified atom stereocenters. The normalized spacial score (nSPS) is 15.9. The van der Waals surface area contributed by atoms with Crippen molar-refractivity contribution >= 4 is 39.1 Å². The van der Waals surface area contributed by atoms with Crippen molar-refractivity contribution in [3.63, 3.8) is 0 Å². The summed E-state index contributed by atoms with van der Waals surface area (Å²) in [5.41, 5.74) is 1.04. The summed E-state index contributed by atoms with van der Waals surface area (Å²) < 4.78 is 5.99. The number of hydrogen-bond donors (Lipinski definition) is 2. The fourth-order valence-corrected chi connectivity index (χ4v) is 5.35. The van der Waals surface area contributed by atoms with Gasteiger partial charge >= 0.3 is 0 Å². The third kappa shape index (κ3) is 4.74. The fourth-order valence-electron chi connectivity index (χ4n) is 3.27. The molecule has 3 rings (SSSR count). The second-order valence-electron chi connectivity index (χ2n) is 7.38. The van der Waals surface area contributed by atoms with E-state index in [4.69, 9.17) is 14.7 Å². The lowest BCUT2D eigenvalue weighted by atomic mass is 9.94. The number of rotatable bonds is 9. The molecule has 1 aliphatic rings. The Morgan fingerprint density at radius 2 is 1.96 bits per heavy atom. The van der Waals surface area contributed by atoms with E-state index in [0.717, 1.165) is 46.2 Å². The smallest absolute Gasteiger partial charge is 0.190 e. The SMILES string of the molecule is CCCCSc1nc(N(CCO)CCO)c2c3c(sc2n1)COC(C)(C)C3. The quantitative estimate of drug-likeness (QED) is 0.373. The lowest BCUT2D eigenvalue weighted by Crippen LogP contribution is -2.32. The topological polar surface area (TPSA) is 78.7 Å². The van der Waals surface area contributed by atoms with Crippen LogP contribution >= 0.6 is 23.1 Å². The molecule has 2 N–H and O–H groups in total. The van der Waals surface area contributed by atoms with Gasteiger partial charge in [0.2, 0.25) is 0 Å². The molecule has 0 radical (unpaired) electrons. The lowest BCUT2D eigenvalue weighted by Gasteiger charge is -2.31. The molecular weight excluding hydrogens is 382 g/mol. The number of aromatic nitrogens is 2. The zero-order valence-electron chi connectivity index (χ0n) is 16.3. The summed E-state index contributed by atoms with van der Waals surface area (Å²) in [5, 5.41) is 20.9. The maximum Gasteiger partial charge on any atom is 0.190 e. The number of thioether (sulfide) groups is 1. The summed E-state index contributed by atoms with van der Waals surface area (Å²) in [6.07, 6.45) is 3.08. The molecule has 1 aliphatic heterocycles. The molecule has 2 aromatic rings. The van der Waals surface area contributed by atoms with E-state index in [9.17, 15) is 10.2 Å². The molecule has 6 nitrogen and oxygen atoms in total. The zero-order valence-corrected chi connectivity index (χ0v) is 18.0. The van der Waals surface area contributed by atoms with Crippen LogP contribution in [-0.2, 0) is 17.8 Å². The zero-order chi connectivity index (χ0) is 19.4. The van der Waals surface area contributed by atoms with Gasteiger partial charge in [0.15, 0.2) is 5.16 Å². The average Bonchev–Trinajstić information content (AvgIpc) is 2.97. The largest absolute Gasteiger partial charge is 0.395 e. The van der Waals surface area contributed by atoms with Gasteiger partial charge in [-0.2, -0.15) is 0 Å². The second kappa shape index (κ2) is 9.05. The highest BCUT2D eigenvalue weighted by molar-refractivity contribution is 7.99. The van der Waals surface area contributed by atoms with Crippen molar-refractivity contribution in [1.29, 1.82) is 0 Å². The molecule has 2 aromatic heterocycles. The second-order valence-corrected chi connectivity index (χ2v) is 9.52. The number of anilines is 1. The standard InChI is InChI=1S/C19H29N3O3S2/c1-4-5-10-26-18-20-16(22(6-8-23)7-9-24)15-13-11-19(2,3)25-12-14(13)27-17(15)21-18/h23-24H,4-12H2,1-3H3. The number of ether oxygens (including phenoxy) is 1. The van der Waals surface area contributed by atoms with E-state index in [1.54, 1.807) is 23.1 Å². The number of hydrogen-bond acceptors (Lipinski definition) is 8. The van der Waals surface area contributed by atoms with Crippen molar-refractivity contribution in [3.8, 4) is 0 Å². The highest BCUT2D eigenvalue weighted by Gasteiger charge is 2.31. The van der Waals surface area contributed by atoms with Crippen LogP contribution in [0.1, 0.15) is 44.1 Å². The van der Waals surface area contributed by atoms with Crippen LogP contribution in [0.2, 0.25) is 0 Å². The van der Waals surface area contributed by atoms with E-state index in [2.05, 4.69) is 20.8 Å². The Hall–Kier alpha value is -0.930. The van der Waals surface area contributed by atoms with Gasteiger partial charge in [-0.25, -0.2) is 9.97 Å². The Morgan fingerprint density at radius 1 is 1.22 bits per heavy atom. The van der Waals surface area contributed by atoms with E-state index >= 15 is 0 Å². The van der Waals surface area contributed by atoms with E-state index < -0.39 is 0 Å². The maximum absolute atomic E-state index is 9.52. The minimum atomic E-state index is -0.217. The summed E-state index contributed by atoms with van der Waals surface area (Å²) in [5.74, 6) is 1.82. The molecule has 0 atom stereocenters. The van der Waals surface area contributed by atoms with E-state index in [1.165, 1.54) is 10.4 Å². The van der Waals surface area contributed by atoms with Crippen LogP contribution < -0.4 is 4.90 Å². The van der Waals surface area contributed by atoms with Gasteiger partial charge < -0.3 is 19.8 Å². The molecule has 0 aliphatic carbocycles. The Bertz CT molecular complexity index is 773. The molecule has 0 fully saturated rings. The number of nitrogens with zero attached hydrogens (tertiary/aromatic N) is 3. The number of aliphatic hydroxyl groups excluding tert-OH is 2. The van der Waals surface area contributed by atoms with Gasteiger partial charge in [0.1, 0.15) is 10.6 Å². The van der Waals surface area contributed by atoms with E-state index in [-0.39, 0.29) is 18.8 Å². The van der Waals surface area contributed by atoms with Crippen LogP contribution in [0.5, 0.6) is 0 Å². The molecule has 0 aromatic carbocycles. The summed E-state index contributed by atoms with van der Waals surface area (Å²) in [6, 6.07) is 0. The van der Waals surface area contributed by atoms with E-state index in [1.807, 2.05) is 4.90 Å². The third-order valence-electron chi connectivity index (χ3n) is 4.66. The molecule has 150 valence electrons. The molecular formula is C19H29N3O3S2. The van der Waals surface area contributed by atoms with Crippen LogP contribution in [-0.4, -0.2) is 57.8 Å². The van der Waals surface area contributed by atoms with Crippen molar-refractivity contribution in [2.75, 3.05) is 37.0 Å². The van der Waals surface area contributed by atoms with Crippen molar-refractivity contribution in [1.82, 2.24) is 9.97 Å². The Labute approximate surface area is 169 Å². The number of aliphatic hydroxyl groups is 2. The molecule has 0 saturated carbocycles. The lowest BCUT2D eigenvalue weighted by molar-refractivity contribution is -0.0379. The molecule has 27 heavy (non-hydrogen) atoms. The van der Waals surface area contributed by atoms with Crippen molar-refractivity contribution in [3.05, 3.63) is 10.4 Å². The summed E-state index contributed by atoms with van der Waals surface area (Å²) in [6.45, 7) is 7.90. The van der Waals surface area contributed by atoms with Crippen LogP contribution in [0.15, 0.2) is 5.16 Å². The van der Waals surface area contributed by atoms with Crippen molar-refractivity contribution in [2.24, 2.45) is 0 Å². The Morgan fingerprint density at radius 3 is 2.63 bits per heavy atom. The fraction of sp³-hybridized carbons (Fsp3) is 0.684. The first-order valence-electron chi connectivity index (χ1n) is 9.54. The van der Waals surface area contributed by atoms with Gasteiger partial charge in [-0.15, -0.1) is 11.3 Å². The molecule has 0 bridgehead atoms. The highest BCUT2D eigenvalue weighted by atomic mass is 32.2. The van der Waals surface area contributed by atoms with Crippen LogP contribution in [0.25, 0.3) is 10.2 Å². The van der Waals surface area contributed by atoms with Gasteiger partial charge in [0.25, 0.3) is 0 Å². The van der Waals surface area contributed by atoms with Gasteiger partial charge in [0.05, 0.1) is 30.8 Å². The molecule has 3 heterocycles. The predicted octanol–water partition coefficient (Wildman–Crippen LogP) is 3.23. The van der Waals surface area contributed by atoms with Gasteiger partial charge in [-0.1, -0.05) is 25.1 Å². The van der Waals surface area contributed by atoms with E-state index in [0.29, 0.717) is 19.7 Å². The predicted molar refractivity (Wildman–Crippen MR) is 112 cm³/mol. The molecule has 0 saturated heterocycles. The molecule has 8 heteroatoms. The number of thiophene rings is 1. The first-order chi connectivity index (χ1) is 13.0.